The van der Waals surface area contributed by atoms with E-state index in [-0.39, 0.29) is 11.6 Å². The molecule has 0 aliphatic heterocycles. The number of thioether (sulfide) groups is 1. The SMILES string of the molecule is CC(Sc1nnnn1-c1cccc(F)c1)C(=O)c1c[nH]c2ccccc12. The molecule has 2 aromatic heterocycles. The molecule has 0 radical (unpaired) electrons. The monoisotopic (exact) mass is 367 g/mol. The number of rotatable bonds is 5. The Morgan fingerprint density at radius 3 is 2.92 bits per heavy atom. The average molecular weight is 367 g/mol. The number of hydrogen-bond donors (Lipinski definition) is 1. The third kappa shape index (κ3) is 2.99. The smallest absolute Gasteiger partial charge is 0.214 e. The summed E-state index contributed by atoms with van der Waals surface area (Å²) in [6.07, 6.45) is 1.72. The Labute approximate surface area is 152 Å². The van der Waals surface area contributed by atoms with E-state index in [9.17, 15) is 9.18 Å². The molecule has 0 bridgehead atoms. The minimum Gasteiger partial charge on any atom is -0.360 e. The van der Waals surface area contributed by atoms with Crippen molar-refractivity contribution in [3.63, 3.8) is 0 Å². The first-order valence-electron chi connectivity index (χ1n) is 7.95. The highest BCUT2D eigenvalue weighted by atomic mass is 32.2. The Morgan fingerprint density at radius 2 is 2.08 bits per heavy atom. The molecule has 0 amide bonds. The lowest BCUT2D eigenvalue weighted by molar-refractivity contribution is 0.0995. The van der Waals surface area contributed by atoms with Gasteiger partial charge in [-0.1, -0.05) is 36.0 Å². The summed E-state index contributed by atoms with van der Waals surface area (Å²) in [4.78, 5) is 16.0. The standard InChI is InChI=1S/C18H14FN5OS/c1-11(17(25)15-10-20-16-8-3-2-7-14(15)16)26-18-21-22-23-24(18)13-6-4-5-12(19)9-13/h2-11,20H,1H3. The molecule has 6 nitrogen and oxygen atoms in total. The Balaban J connectivity index is 1.60. The second-order valence-corrected chi connectivity index (χ2v) is 7.03. The summed E-state index contributed by atoms with van der Waals surface area (Å²) in [7, 11) is 0. The molecule has 26 heavy (non-hydrogen) atoms. The quantitative estimate of drug-likeness (QED) is 0.430. The second kappa shape index (κ2) is 6.72. The number of nitrogens with one attached hydrogen (secondary N) is 1. The number of Topliss-reactive ketones (excluding diaryl/α,β-unsaturated/α-hetero) is 1. The molecule has 8 heteroatoms. The summed E-state index contributed by atoms with van der Waals surface area (Å²) in [5, 5.41) is 12.4. The zero-order chi connectivity index (χ0) is 18.1. The lowest BCUT2D eigenvalue weighted by Crippen LogP contribution is -2.14. The second-order valence-electron chi connectivity index (χ2n) is 5.73. The minimum absolute atomic E-state index is 0.0266. The minimum atomic E-state index is -0.410. The van der Waals surface area contributed by atoms with Gasteiger partial charge in [-0.25, -0.2) is 4.39 Å². The number of fused-ring (bicyclic) bond motifs is 1. The number of halogens is 1. The molecule has 1 unspecified atom stereocenters. The van der Waals surface area contributed by atoms with Crippen LogP contribution in [0.3, 0.4) is 0 Å². The van der Waals surface area contributed by atoms with Crippen molar-refractivity contribution in [2.24, 2.45) is 0 Å². The lowest BCUT2D eigenvalue weighted by Gasteiger charge is -2.09. The van der Waals surface area contributed by atoms with E-state index in [2.05, 4.69) is 20.5 Å². The first-order chi connectivity index (χ1) is 12.6. The fraction of sp³-hybridized carbons (Fsp3) is 0.111. The Bertz CT molecular complexity index is 1090. The van der Waals surface area contributed by atoms with Crippen LogP contribution in [0.1, 0.15) is 17.3 Å². The summed E-state index contributed by atoms with van der Waals surface area (Å²) >= 11 is 1.23. The van der Waals surface area contributed by atoms with E-state index in [1.165, 1.54) is 28.6 Å². The van der Waals surface area contributed by atoms with E-state index in [0.717, 1.165) is 10.9 Å². The molecular weight excluding hydrogens is 353 g/mol. The van der Waals surface area contributed by atoms with Crippen LogP contribution in [-0.2, 0) is 0 Å². The molecule has 0 saturated heterocycles. The Morgan fingerprint density at radius 1 is 1.23 bits per heavy atom. The van der Waals surface area contributed by atoms with Crippen molar-refractivity contribution < 1.29 is 9.18 Å². The van der Waals surface area contributed by atoms with Gasteiger partial charge in [-0.2, -0.15) is 4.68 Å². The third-order valence-corrected chi connectivity index (χ3v) is 5.03. The van der Waals surface area contributed by atoms with Crippen LogP contribution in [0, 0.1) is 5.82 Å². The molecule has 4 aromatic rings. The summed E-state index contributed by atoms with van der Waals surface area (Å²) < 4.78 is 14.9. The molecule has 1 N–H and O–H groups in total. The van der Waals surface area contributed by atoms with E-state index in [1.54, 1.807) is 25.3 Å². The molecule has 2 aromatic carbocycles. The van der Waals surface area contributed by atoms with E-state index in [1.807, 2.05) is 24.3 Å². The largest absolute Gasteiger partial charge is 0.360 e. The molecule has 0 aliphatic carbocycles. The Hall–Kier alpha value is -3.00. The van der Waals surface area contributed by atoms with Gasteiger partial charge in [-0.3, -0.25) is 4.79 Å². The number of nitrogens with zero attached hydrogens (tertiary/aromatic N) is 4. The van der Waals surface area contributed by atoms with Crippen LogP contribution in [0.5, 0.6) is 0 Å². The van der Waals surface area contributed by atoms with Gasteiger partial charge in [0.2, 0.25) is 5.16 Å². The fourth-order valence-corrected chi connectivity index (χ4v) is 3.60. The van der Waals surface area contributed by atoms with Crippen molar-refractivity contribution in [2.75, 3.05) is 0 Å². The van der Waals surface area contributed by atoms with E-state index in [0.29, 0.717) is 16.4 Å². The van der Waals surface area contributed by atoms with Crippen LogP contribution in [0.15, 0.2) is 59.9 Å². The summed E-state index contributed by atoms with van der Waals surface area (Å²) in [6, 6.07) is 13.6. The average Bonchev–Trinajstić information content (AvgIpc) is 3.28. The number of carbonyl (C=O) groups is 1. The first kappa shape index (κ1) is 16.5. The zero-order valence-corrected chi connectivity index (χ0v) is 14.6. The highest BCUT2D eigenvalue weighted by Gasteiger charge is 2.22. The summed E-state index contributed by atoms with van der Waals surface area (Å²) in [6.45, 7) is 1.80. The number of benzene rings is 2. The van der Waals surface area contributed by atoms with E-state index in [4.69, 9.17) is 0 Å². The Kier molecular flexibility index (Phi) is 4.26. The van der Waals surface area contributed by atoms with Crippen LogP contribution in [0.2, 0.25) is 0 Å². The summed E-state index contributed by atoms with van der Waals surface area (Å²) in [5.41, 5.74) is 2.05. The van der Waals surface area contributed by atoms with Gasteiger partial charge in [0.1, 0.15) is 5.82 Å². The number of para-hydroxylation sites is 1. The van der Waals surface area contributed by atoms with Gasteiger partial charge in [0.05, 0.1) is 10.9 Å². The number of aromatic nitrogens is 5. The molecule has 0 fully saturated rings. The number of H-pyrrole nitrogens is 1. The molecule has 0 saturated carbocycles. The summed E-state index contributed by atoms with van der Waals surface area (Å²) in [5.74, 6) is -0.405. The van der Waals surface area contributed by atoms with Crippen LogP contribution < -0.4 is 0 Å². The van der Waals surface area contributed by atoms with Gasteiger partial charge in [-0.15, -0.1) is 5.10 Å². The molecule has 0 spiro atoms. The first-order valence-corrected chi connectivity index (χ1v) is 8.83. The van der Waals surface area contributed by atoms with Crippen molar-refractivity contribution >= 4 is 28.4 Å². The van der Waals surface area contributed by atoms with E-state index >= 15 is 0 Å². The van der Waals surface area contributed by atoms with E-state index < -0.39 is 5.25 Å². The van der Waals surface area contributed by atoms with Crippen molar-refractivity contribution in [3.8, 4) is 5.69 Å². The molecule has 2 heterocycles. The normalized spacial score (nSPS) is 12.4. The number of carbonyl (C=O) groups excluding carboxylic acids is 1. The highest BCUT2D eigenvalue weighted by Crippen LogP contribution is 2.28. The highest BCUT2D eigenvalue weighted by molar-refractivity contribution is 8.00. The molecule has 1 atom stereocenters. The van der Waals surface area contributed by atoms with Crippen molar-refractivity contribution in [3.05, 3.63) is 66.1 Å². The van der Waals surface area contributed by atoms with Gasteiger partial charge in [-0.05, 0) is 41.6 Å². The van der Waals surface area contributed by atoms with Gasteiger partial charge in [0.25, 0.3) is 0 Å². The number of ketones is 1. The topological polar surface area (TPSA) is 76.5 Å². The van der Waals surface area contributed by atoms with Gasteiger partial charge in [0.15, 0.2) is 5.78 Å². The van der Waals surface area contributed by atoms with Crippen LogP contribution in [0.25, 0.3) is 16.6 Å². The predicted molar refractivity (Wildman–Crippen MR) is 97.1 cm³/mol. The lowest BCUT2D eigenvalue weighted by atomic mass is 10.1. The number of tetrazole rings is 1. The van der Waals surface area contributed by atoms with Crippen molar-refractivity contribution in [1.29, 1.82) is 0 Å². The maximum atomic E-state index is 13.5. The predicted octanol–water partition coefficient (Wildman–Crippen LogP) is 3.65. The molecular formula is C18H14FN5OS. The van der Waals surface area contributed by atoms with Crippen LogP contribution in [0.4, 0.5) is 4.39 Å². The molecule has 4 rings (SSSR count). The number of aromatic amines is 1. The van der Waals surface area contributed by atoms with Crippen LogP contribution >= 0.6 is 11.8 Å². The van der Waals surface area contributed by atoms with Gasteiger partial charge >= 0.3 is 0 Å². The zero-order valence-electron chi connectivity index (χ0n) is 13.8. The van der Waals surface area contributed by atoms with Gasteiger partial charge < -0.3 is 4.98 Å². The molecule has 130 valence electrons. The van der Waals surface area contributed by atoms with Gasteiger partial charge in [0, 0.05) is 22.7 Å². The van der Waals surface area contributed by atoms with Crippen LogP contribution in [-0.4, -0.2) is 36.2 Å². The number of hydrogen-bond acceptors (Lipinski definition) is 5. The maximum Gasteiger partial charge on any atom is 0.214 e. The van der Waals surface area contributed by atoms with Crippen molar-refractivity contribution in [2.45, 2.75) is 17.3 Å². The fourth-order valence-electron chi connectivity index (χ4n) is 2.73. The molecule has 0 aliphatic rings. The van der Waals surface area contributed by atoms with Crippen molar-refractivity contribution in [1.82, 2.24) is 25.2 Å². The third-order valence-electron chi connectivity index (χ3n) is 4.00. The maximum absolute atomic E-state index is 13.5.